The first-order valence-corrected chi connectivity index (χ1v) is 15.1. The van der Waals surface area contributed by atoms with E-state index in [1.165, 1.54) is 31.4 Å². The van der Waals surface area contributed by atoms with Crippen molar-refractivity contribution in [3.63, 3.8) is 0 Å². The Kier molecular flexibility index (Phi) is 5.71. The van der Waals surface area contributed by atoms with E-state index in [0.717, 1.165) is 30.9 Å². The number of hydrogen-bond donors (Lipinski definition) is 0. The van der Waals surface area contributed by atoms with Gasteiger partial charge in [-0.25, -0.2) is 0 Å². The standard InChI is InChI=1S/C24H40N2O3Si/c1-23-13-12-17(25-27-3)14-16(23)8-9-18-19-10-11-21(26-28-4)24(19,2)22(15-20(18)23)29-30(5,6)7/h14,18-20,22H,8-13,15H2,1-7H3/b25-17-,26-21-/t18-,19-,20-,22+,23-,24-/m0/s1. The van der Waals surface area contributed by atoms with Gasteiger partial charge in [0.1, 0.15) is 14.2 Å². The molecule has 3 fully saturated rings. The summed E-state index contributed by atoms with van der Waals surface area (Å²) in [5, 5.41) is 8.80. The Morgan fingerprint density at radius 1 is 0.967 bits per heavy atom. The predicted octanol–water partition coefficient (Wildman–Crippen LogP) is 5.78. The molecule has 0 heterocycles. The normalized spacial score (nSPS) is 43.6. The minimum Gasteiger partial charge on any atom is -0.414 e. The molecule has 0 bridgehead atoms. The lowest BCUT2D eigenvalue weighted by Crippen LogP contribution is -2.58. The molecule has 0 saturated heterocycles. The molecule has 168 valence electrons. The average Bonchev–Trinajstić information content (AvgIpc) is 3.00. The summed E-state index contributed by atoms with van der Waals surface area (Å²) in [6.45, 7) is 11.9. The second-order valence-electron chi connectivity index (χ2n) is 11.3. The summed E-state index contributed by atoms with van der Waals surface area (Å²) in [4.78, 5) is 10.4. The van der Waals surface area contributed by atoms with Crippen LogP contribution < -0.4 is 0 Å². The molecule has 0 spiro atoms. The summed E-state index contributed by atoms with van der Waals surface area (Å²) in [5.74, 6) is 2.05. The molecule has 6 atom stereocenters. The zero-order valence-electron chi connectivity index (χ0n) is 20.0. The molecule has 30 heavy (non-hydrogen) atoms. The SMILES string of the molecule is CO/N=C1\C=C2CC[C@H]3[C@@H]4CC/C(=N/OC)[C@@]4(C)[C@H](O[Si](C)(C)C)C[C@@H]3[C@@]2(C)CC1. The van der Waals surface area contributed by atoms with Crippen molar-refractivity contribution < 1.29 is 14.1 Å². The summed E-state index contributed by atoms with van der Waals surface area (Å²) in [7, 11) is 1.64. The molecule has 0 N–H and O–H groups in total. The van der Waals surface area contributed by atoms with Crippen LogP contribution in [0.4, 0.5) is 0 Å². The summed E-state index contributed by atoms with van der Waals surface area (Å²) in [6.07, 6.45) is 10.6. The molecule has 0 unspecified atom stereocenters. The summed E-state index contributed by atoms with van der Waals surface area (Å²) in [6, 6.07) is 0. The summed E-state index contributed by atoms with van der Waals surface area (Å²) >= 11 is 0. The molecule has 6 heteroatoms. The maximum atomic E-state index is 6.94. The first kappa shape index (κ1) is 22.1. The zero-order chi connectivity index (χ0) is 21.7. The summed E-state index contributed by atoms with van der Waals surface area (Å²) in [5.41, 5.74) is 4.19. The van der Waals surface area contributed by atoms with Crippen LogP contribution in [0.3, 0.4) is 0 Å². The predicted molar refractivity (Wildman–Crippen MR) is 124 cm³/mol. The Morgan fingerprint density at radius 2 is 1.70 bits per heavy atom. The number of rotatable bonds is 4. The minimum absolute atomic E-state index is 0.00632. The van der Waals surface area contributed by atoms with E-state index in [4.69, 9.17) is 14.1 Å². The van der Waals surface area contributed by atoms with Gasteiger partial charge in [-0.15, -0.1) is 0 Å². The topological polar surface area (TPSA) is 52.4 Å². The van der Waals surface area contributed by atoms with Crippen molar-refractivity contribution in [2.75, 3.05) is 14.2 Å². The van der Waals surface area contributed by atoms with Crippen LogP contribution in [0.2, 0.25) is 19.6 Å². The lowest BCUT2D eigenvalue weighted by atomic mass is 9.46. The Bertz CT molecular complexity index is 771. The van der Waals surface area contributed by atoms with E-state index in [-0.39, 0.29) is 16.9 Å². The molecule has 0 aromatic rings. The molecular weight excluding hydrogens is 392 g/mol. The number of nitrogens with zero attached hydrogens (tertiary/aromatic N) is 2. The monoisotopic (exact) mass is 432 g/mol. The van der Waals surface area contributed by atoms with E-state index in [9.17, 15) is 0 Å². The first-order valence-electron chi connectivity index (χ1n) is 11.7. The van der Waals surface area contributed by atoms with Crippen LogP contribution in [0.15, 0.2) is 22.0 Å². The van der Waals surface area contributed by atoms with Crippen LogP contribution in [0.5, 0.6) is 0 Å². The third-order valence-corrected chi connectivity index (χ3v) is 9.69. The van der Waals surface area contributed by atoms with E-state index in [1.54, 1.807) is 19.8 Å². The van der Waals surface area contributed by atoms with Gasteiger partial charge in [-0.3, -0.25) is 0 Å². The van der Waals surface area contributed by atoms with Crippen molar-refractivity contribution in [3.05, 3.63) is 11.6 Å². The molecule has 0 amide bonds. The van der Waals surface area contributed by atoms with E-state index in [2.05, 4.69) is 49.9 Å². The van der Waals surface area contributed by atoms with Crippen molar-refractivity contribution in [2.45, 2.75) is 84.5 Å². The maximum Gasteiger partial charge on any atom is 0.184 e. The zero-order valence-corrected chi connectivity index (χ0v) is 21.0. The molecular formula is C24H40N2O3Si. The van der Waals surface area contributed by atoms with Gasteiger partial charge in [0.25, 0.3) is 0 Å². The number of oxime groups is 2. The maximum absolute atomic E-state index is 6.94. The lowest BCUT2D eigenvalue weighted by molar-refractivity contribution is -0.0853. The molecule has 0 radical (unpaired) electrons. The smallest absolute Gasteiger partial charge is 0.184 e. The van der Waals surface area contributed by atoms with E-state index in [1.807, 2.05) is 0 Å². The number of allylic oxidation sites excluding steroid dienone is 2. The van der Waals surface area contributed by atoms with Gasteiger partial charge in [0.15, 0.2) is 8.32 Å². The van der Waals surface area contributed by atoms with Crippen LogP contribution in [-0.2, 0) is 14.1 Å². The van der Waals surface area contributed by atoms with Crippen molar-refractivity contribution in [1.82, 2.24) is 0 Å². The third kappa shape index (κ3) is 3.48. The van der Waals surface area contributed by atoms with Gasteiger partial charge in [0, 0.05) is 5.41 Å². The Morgan fingerprint density at radius 3 is 2.37 bits per heavy atom. The van der Waals surface area contributed by atoms with Gasteiger partial charge in [-0.05, 0) is 93.8 Å². The molecule has 5 nitrogen and oxygen atoms in total. The molecule has 4 aliphatic carbocycles. The van der Waals surface area contributed by atoms with Crippen molar-refractivity contribution in [3.8, 4) is 0 Å². The van der Waals surface area contributed by atoms with E-state index >= 15 is 0 Å². The molecule has 0 aromatic carbocycles. The molecule has 0 aliphatic heterocycles. The fraction of sp³-hybridized carbons (Fsp3) is 0.833. The average molecular weight is 433 g/mol. The van der Waals surface area contributed by atoms with Crippen LogP contribution in [0.25, 0.3) is 0 Å². The Labute approximate surface area is 183 Å². The quantitative estimate of drug-likeness (QED) is 0.418. The van der Waals surface area contributed by atoms with Gasteiger partial charge in [-0.1, -0.05) is 29.7 Å². The van der Waals surface area contributed by atoms with Crippen molar-refractivity contribution in [2.24, 2.45) is 38.9 Å². The first-order chi connectivity index (χ1) is 14.1. The highest BCUT2D eigenvalue weighted by Gasteiger charge is 2.62. The Hall–Kier alpha value is -1.14. The molecule has 3 saturated carbocycles. The highest BCUT2D eigenvalue weighted by atomic mass is 28.4. The molecule has 4 aliphatic rings. The highest BCUT2D eigenvalue weighted by molar-refractivity contribution is 6.69. The van der Waals surface area contributed by atoms with Crippen LogP contribution in [-0.4, -0.2) is 40.1 Å². The Balaban J connectivity index is 1.73. The van der Waals surface area contributed by atoms with Crippen molar-refractivity contribution in [1.29, 1.82) is 0 Å². The van der Waals surface area contributed by atoms with Gasteiger partial charge >= 0.3 is 0 Å². The highest BCUT2D eigenvalue weighted by Crippen LogP contribution is 2.65. The van der Waals surface area contributed by atoms with Crippen LogP contribution >= 0.6 is 0 Å². The second kappa shape index (κ2) is 7.77. The minimum atomic E-state index is -1.70. The fourth-order valence-electron chi connectivity index (χ4n) is 7.36. The number of fused-ring (bicyclic) bond motifs is 5. The van der Waals surface area contributed by atoms with Crippen molar-refractivity contribution >= 4 is 19.7 Å². The summed E-state index contributed by atoms with van der Waals surface area (Å²) < 4.78 is 6.94. The molecule has 0 aromatic heterocycles. The number of hydrogen-bond acceptors (Lipinski definition) is 5. The van der Waals surface area contributed by atoms with Crippen LogP contribution in [0.1, 0.15) is 58.8 Å². The van der Waals surface area contributed by atoms with Gasteiger partial charge in [-0.2, -0.15) is 0 Å². The lowest BCUT2D eigenvalue weighted by Gasteiger charge is -2.60. The van der Waals surface area contributed by atoms with Gasteiger partial charge in [0.05, 0.1) is 17.5 Å². The van der Waals surface area contributed by atoms with Gasteiger partial charge < -0.3 is 14.1 Å². The van der Waals surface area contributed by atoms with E-state index < -0.39 is 8.32 Å². The largest absolute Gasteiger partial charge is 0.414 e. The molecule has 4 rings (SSSR count). The van der Waals surface area contributed by atoms with Crippen LogP contribution in [0, 0.1) is 28.6 Å². The van der Waals surface area contributed by atoms with E-state index in [0.29, 0.717) is 11.8 Å². The third-order valence-electron chi connectivity index (χ3n) is 8.70. The van der Waals surface area contributed by atoms with Gasteiger partial charge in [0.2, 0.25) is 0 Å². The fourth-order valence-corrected chi connectivity index (χ4v) is 8.55. The second-order valence-corrected chi connectivity index (χ2v) is 15.7.